The highest BCUT2D eigenvalue weighted by molar-refractivity contribution is 5.86. The molecule has 0 spiro atoms. The minimum atomic E-state index is -0.943. The first-order valence-electron chi connectivity index (χ1n) is 5.72. The highest BCUT2D eigenvalue weighted by Gasteiger charge is 2.09. The number of aromatic amines is 1. The fourth-order valence-electron chi connectivity index (χ4n) is 2.03. The first-order chi connectivity index (χ1) is 8.58. The second-order valence-corrected chi connectivity index (χ2v) is 4.44. The number of hydrogen-bond donors (Lipinski definition) is 2. The molecule has 0 saturated carbocycles. The van der Waals surface area contributed by atoms with E-state index in [1.165, 1.54) is 10.9 Å². The molecule has 1 aromatic heterocycles. The predicted molar refractivity (Wildman–Crippen MR) is 71.4 cm³/mol. The maximum atomic E-state index is 10.7. The van der Waals surface area contributed by atoms with Crippen molar-refractivity contribution in [2.75, 3.05) is 13.6 Å². The molecule has 0 aliphatic rings. The quantitative estimate of drug-likeness (QED) is 0.793. The maximum Gasteiger partial charge on any atom is 0.332 e. The number of nitrogens with zero attached hydrogens (tertiary/aromatic N) is 1. The lowest BCUT2D eigenvalue weighted by molar-refractivity contribution is -0.132. The average molecular weight is 244 g/mol. The van der Waals surface area contributed by atoms with Gasteiger partial charge in [0.2, 0.25) is 0 Å². The SMILES string of the molecule is C=C(CN(C)Cc1cccc2[nH]ccc12)C(=O)O. The van der Waals surface area contributed by atoms with E-state index < -0.39 is 5.97 Å². The van der Waals surface area contributed by atoms with Crippen molar-refractivity contribution < 1.29 is 9.90 Å². The third-order valence-corrected chi connectivity index (χ3v) is 2.89. The van der Waals surface area contributed by atoms with Crippen molar-refractivity contribution in [2.24, 2.45) is 0 Å². The summed E-state index contributed by atoms with van der Waals surface area (Å²) < 4.78 is 0. The highest BCUT2D eigenvalue weighted by Crippen LogP contribution is 2.18. The van der Waals surface area contributed by atoms with E-state index in [0.29, 0.717) is 13.1 Å². The van der Waals surface area contributed by atoms with Gasteiger partial charge < -0.3 is 10.1 Å². The van der Waals surface area contributed by atoms with E-state index in [4.69, 9.17) is 5.11 Å². The molecule has 0 aliphatic carbocycles. The van der Waals surface area contributed by atoms with Crippen molar-refractivity contribution in [1.82, 2.24) is 9.88 Å². The summed E-state index contributed by atoms with van der Waals surface area (Å²) in [5.41, 5.74) is 2.48. The normalized spacial score (nSPS) is 11.0. The number of rotatable bonds is 5. The maximum absolute atomic E-state index is 10.7. The van der Waals surface area contributed by atoms with Crippen LogP contribution in [0.2, 0.25) is 0 Å². The smallest absolute Gasteiger partial charge is 0.332 e. The Hall–Kier alpha value is -2.07. The summed E-state index contributed by atoms with van der Waals surface area (Å²) in [5, 5.41) is 9.98. The molecule has 94 valence electrons. The molecule has 0 aliphatic heterocycles. The summed E-state index contributed by atoms with van der Waals surface area (Å²) in [6.07, 6.45) is 1.91. The Labute approximate surface area is 106 Å². The van der Waals surface area contributed by atoms with Crippen LogP contribution in [0.3, 0.4) is 0 Å². The van der Waals surface area contributed by atoms with E-state index in [-0.39, 0.29) is 5.57 Å². The van der Waals surface area contributed by atoms with Gasteiger partial charge in [-0.2, -0.15) is 0 Å². The second-order valence-electron chi connectivity index (χ2n) is 4.44. The number of likely N-dealkylation sites (N-methyl/N-ethyl adjacent to an activating group) is 1. The van der Waals surface area contributed by atoms with Crippen LogP contribution in [-0.2, 0) is 11.3 Å². The lowest BCUT2D eigenvalue weighted by Crippen LogP contribution is -2.23. The summed E-state index contributed by atoms with van der Waals surface area (Å²) in [4.78, 5) is 15.8. The number of H-pyrrole nitrogens is 1. The molecule has 4 nitrogen and oxygen atoms in total. The molecule has 0 radical (unpaired) electrons. The zero-order valence-corrected chi connectivity index (χ0v) is 10.3. The van der Waals surface area contributed by atoms with Gasteiger partial charge in [0.05, 0.1) is 0 Å². The minimum absolute atomic E-state index is 0.207. The van der Waals surface area contributed by atoms with Gasteiger partial charge in [0, 0.05) is 35.8 Å². The lowest BCUT2D eigenvalue weighted by Gasteiger charge is -2.17. The molecule has 0 amide bonds. The molecule has 4 heteroatoms. The molecule has 0 bridgehead atoms. The monoisotopic (exact) mass is 244 g/mol. The fraction of sp³-hybridized carbons (Fsp3) is 0.214. The van der Waals surface area contributed by atoms with Crippen LogP contribution in [0, 0.1) is 0 Å². The standard InChI is InChI=1S/C14H16N2O2/c1-10(14(17)18)8-16(2)9-11-4-3-5-13-12(11)6-7-15-13/h3-7,15H,1,8-9H2,2H3,(H,17,18). The summed E-state index contributed by atoms with van der Waals surface area (Å²) in [5.74, 6) is -0.943. The molecule has 2 aromatic rings. The van der Waals surface area contributed by atoms with E-state index >= 15 is 0 Å². The van der Waals surface area contributed by atoms with Crippen LogP contribution in [0.25, 0.3) is 10.9 Å². The zero-order chi connectivity index (χ0) is 13.1. The Balaban J connectivity index is 2.11. The van der Waals surface area contributed by atoms with Crippen LogP contribution in [0.1, 0.15) is 5.56 Å². The number of hydrogen-bond acceptors (Lipinski definition) is 2. The van der Waals surface area contributed by atoms with E-state index in [0.717, 1.165) is 5.52 Å². The summed E-state index contributed by atoms with van der Waals surface area (Å²) in [6, 6.07) is 8.10. The minimum Gasteiger partial charge on any atom is -0.478 e. The van der Waals surface area contributed by atoms with Crippen molar-refractivity contribution in [3.63, 3.8) is 0 Å². The van der Waals surface area contributed by atoms with Gasteiger partial charge in [0.1, 0.15) is 0 Å². The second kappa shape index (κ2) is 5.06. The number of aliphatic carboxylic acids is 1. The Morgan fingerprint density at radius 3 is 2.94 bits per heavy atom. The zero-order valence-electron chi connectivity index (χ0n) is 10.3. The van der Waals surface area contributed by atoms with Gasteiger partial charge in [-0.05, 0) is 24.7 Å². The molecular weight excluding hydrogens is 228 g/mol. The third-order valence-electron chi connectivity index (χ3n) is 2.89. The first-order valence-corrected chi connectivity index (χ1v) is 5.72. The Kier molecular flexibility index (Phi) is 3.48. The average Bonchev–Trinajstić information content (AvgIpc) is 2.77. The Morgan fingerprint density at radius 2 is 2.22 bits per heavy atom. The number of carbonyl (C=O) groups is 1. The molecular formula is C14H16N2O2. The number of aromatic nitrogens is 1. The summed E-state index contributed by atoms with van der Waals surface area (Å²) >= 11 is 0. The van der Waals surface area contributed by atoms with Crippen molar-refractivity contribution >= 4 is 16.9 Å². The van der Waals surface area contributed by atoms with Gasteiger partial charge in [0.25, 0.3) is 0 Å². The van der Waals surface area contributed by atoms with E-state index in [2.05, 4.69) is 17.6 Å². The Bertz CT molecular complexity index is 586. The molecule has 0 fully saturated rings. The van der Waals surface area contributed by atoms with Gasteiger partial charge in [-0.25, -0.2) is 4.79 Å². The van der Waals surface area contributed by atoms with Gasteiger partial charge in [-0.3, -0.25) is 4.90 Å². The van der Waals surface area contributed by atoms with Crippen molar-refractivity contribution in [1.29, 1.82) is 0 Å². The van der Waals surface area contributed by atoms with Gasteiger partial charge in [-0.15, -0.1) is 0 Å². The van der Waals surface area contributed by atoms with Crippen LogP contribution in [0.15, 0.2) is 42.6 Å². The number of nitrogens with one attached hydrogen (secondary N) is 1. The van der Waals surface area contributed by atoms with Crippen molar-refractivity contribution in [2.45, 2.75) is 6.54 Å². The molecule has 18 heavy (non-hydrogen) atoms. The van der Waals surface area contributed by atoms with Crippen LogP contribution >= 0.6 is 0 Å². The highest BCUT2D eigenvalue weighted by atomic mass is 16.4. The summed E-state index contributed by atoms with van der Waals surface area (Å²) in [6.45, 7) is 4.59. The first kappa shape index (κ1) is 12.4. The number of fused-ring (bicyclic) bond motifs is 1. The van der Waals surface area contributed by atoms with Crippen molar-refractivity contribution in [3.05, 3.63) is 48.2 Å². The van der Waals surface area contributed by atoms with Gasteiger partial charge in [-0.1, -0.05) is 18.7 Å². The number of carboxylic acid groups (broad SMARTS) is 1. The molecule has 1 heterocycles. The van der Waals surface area contributed by atoms with E-state index in [1.54, 1.807) is 0 Å². The van der Waals surface area contributed by atoms with Crippen LogP contribution < -0.4 is 0 Å². The molecule has 0 atom stereocenters. The number of carboxylic acids is 1. The number of benzene rings is 1. The van der Waals surface area contributed by atoms with Gasteiger partial charge >= 0.3 is 5.97 Å². The molecule has 1 aromatic carbocycles. The largest absolute Gasteiger partial charge is 0.478 e. The molecule has 0 saturated heterocycles. The predicted octanol–water partition coefficient (Wildman–Crippen LogP) is 2.24. The fourth-order valence-corrected chi connectivity index (χ4v) is 2.03. The summed E-state index contributed by atoms with van der Waals surface area (Å²) in [7, 11) is 1.89. The van der Waals surface area contributed by atoms with E-state index in [1.807, 2.05) is 36.3 Å². The lowest BCUT2D eigenvalue weighted by atomic mass is 10.1. The van der Waals surface area contributed by atoms with Gasteiger partial charge in [0.15, 0.2) is 0 Å². The molecule has 2 rings (SSSR count). The van der Waals surface area contributed by atoms with Crippen LogP contribution in [-0.4, -0.2) is 34.6 Å². The van der Waals surface area contributed by atoms with Crippen molar-refractivity contribution in [3.8, 4) is 0 Å². The Morgan fingerprint density at radius 1 is 1.44 bits per heavy atom. The molecule has 0 unspecified atom stereocenters. The molecule has 2 N–H and O–H groups in total. The van der Waals surface area contributed by atoms with Crippen LogP contribution in [0.5, 0.6) is 0 Å². The third kappa shape index (κ3) is 2.60. The van der Waals surface area contributed by atoms with Crippen LogP contribution in [0.4, 0.5) is 0 Å². The topological polar surface area (TPSA) is 56.3 Å². The van der Waals surface area contributed by atoms with E-state index in [9.17, 15) is 4.79 Å².